The van der Waals surface area contributed by atoms with Crippen LogP contribution in [0, 0.1) is 0 Å². The summed E-state index contributed by atoms with van der Waals surface area (Å²) in [6.45, 7) is -0.137. The van der Waals surface area contributed by atoms with Gasteiger partial charge < -0.3 is 9.84 Å². The average Bonchev–Trinajstić information content (AvgIpc) is 2.73. The van der Waals surface area contributed by atoms with Crippen molar-refractivity contribution in [2.24, 2.45) is 0 Å². The van der Waals surface area contributed by atoms with Gasteiger partial charge >= 0.3 is 0 Å². The van der Waals surface area contributed by atoms with Gasteiger partial charge in [0, 0.05) is 13.5 Å². The van der Waals surface area contributed by atoms with Crippen LogP contribution in [0.1, 0.15) is 17.9 Å². The molecule has 102 valence electrons. The molecule has 1 N–H and O–H groups in total. The van der Waals surface area contributed by atoms with Crippen molar-refractivity contribution in [3.05, 3.63) is 35.9 Å². The molecule has 2 unspecified atom stereocenters. The second-order valence-electron chi connectivity index (χ2n) is 4.56. The van der Waals surface area contributed by atoms with E-state index in [9.17, 15) is 14.7 Å². The number of nitrogens with zero attached hydrogens (tertiary/aromatic N) is 1. The highest BCUT2D eigenvalue weighted by atomic mass is 16.5. The van der Waals surface area contributed by atoms with E-state index >= 15 is 0 Å². The molecule has 1 aromatic rings. The van der Waals surface area contributed by atoms with Crippen LogP contribution in [-0.2, 0) is 14.3 Å². The maximum atomic E-state index is 12.3. The Morgan fingerprint density at radius 3 is 2.63 bits per heavy atom. The number of aliphatic hydroxyl groups is 1. The molecule has 19 heavy (non-hydrogen) atoms. The van der Waals surface area contributed by atoms with E-state index in [0.717, 1.165) is 10.5 Å². The zero-order valence-corrected chi connectivity index (χ0v) is 10.8. The molecule has 0 bridgehead atoms. The van der Waals surface area contributed by atoms with Crippen molar-refractivity contribution in [2.75, 3.05) is 20.3 Å². The lowest BCUT2D eigenvalue weighted by molar-refractivity contribution is -0.143. The van der Waals surface area contributed by atoms with Crippen LogP contribution >= 0.6 is 0 Å². The van der Waals surface area contributed by atoms with Crippen molar-refractivity contribution in [2.45, 2.75) is 18.4 Å². The number of carbonyl (C=O) groups is 2. The fourth-order valence-electron chi connectivity index (χ4n) is 2.38. The van der Waals surface area contributed by atoms with Gasteiger partial charge in [-0.05, 0) is 5.56 Å². The first-order chi connectivity index (χ1) is 9.19. The Labute approximate surface area is 111 Å². The zero-order chi connectivity index (χ0) is 13.8. The van der Waals surface area contributed by atoms with Crippen LogP contribution in [0.2, 0.25) is 0 Å². The molecule has 1 aliphatic rings. The molecule has 2 rings (SSSR count). The Morgan fingerprint density at radius 2 is 2.05 bits per heavy atom. The van der Waals surface area contributed by atoms with Crippen molar-refractivity contribution in [3.8, 4) is 0 Å². The maximum Gasteiger partial charge on any atom is 0.237 e. The Bertz CT molecular complexity index is 460. The number of methoxy groups -OCH3 is 1. The molecule has 1 heterocycles. The van der Waals surface area contributed by atoms with E-state index in [1.54, 1.807) is 0 Å². The topological polar surface area (TPSA) is 66.8 Å². The molecule has 0 saturated carbocycles. The Balaban J connectivity index is 2.21. The van der Waals surface area contributed by atoms with Crippen LogP contribution in [0.5, 0.6) is 0 Å². The summed E-state index contributed by atoms with van der Waals surface area (Å²) in [6.07, 6.45) is 0.156. The molecule has 0 radical (unpaired) electrons. The van der Waals surface area contributed by atoms with E-state index in [1.165, 1.54) is 7.11 Å². The van der Waals surface area contributed by atoms with Crippen molar-refractivity contribution >= 4 is 11.8 Å². The second kappa shape index (κ2) is 5.95. The molecule has 0 aliphatic carbocycles. The number of rotatable bonds is 5. The van der Waals surface area contributed by atoms with Crippen LogP contribution in [0.25, 0.3) is 0 Å². The van der Waals surface area contributed by atoms with Gasteiger partial charge in [0.25, 0.3) is 0 Å². The molecular weight excluding hydrogens is 246 g/mol. The lowest BCUT2D eigenvalue weighted by atomic mass is 9.98. The van der Waals surface area contributed by atoms with Gasteiger partial charge in [0.2, 0.25) is 11.8 Å². The second-order valence-corrected chi connectivity index (χ2v) is 4.56. The number of aliphatic hydroxyl groups excluding tert-OH is 1. The van der Waals surface area contributed by atoms with Crippen LogP contribution in [0.4, 0.5) is 0 Å². The SMILES string of the molecule is COCC(CO)N1C(=O)CC(c2ccccc2)C1=O. The smallest absolute Gasteiger partial charge is 0.237 e. The number of imide groups is 1. The predicted octanol–water partition coefficient (Wildman–Crippen LogP) is 0.536. The van der Waals surface area contributed by atoms with Crippen molar-refractivity contribution in [3.63, 3.8) is 0 Å². The van der Waals surface area contributed by atoms with Gasteiger partial charge in [-0.1, -0.05) is 30.3 Å². The molecule has 1 aromatic carbocycles. The number of ether oxygens (including phenoxy) is 1. The van der Waals surface area contributed by atoms with E-state index in [0.29, 0.717) is 0 Å². The molecule has 2 atom stereocenters. The van der Waals surface area contributed by atoms with Crippen molar-refractivity contribution in [1.29, 1.82) is 0 Å². The Kier molecular flexibility index (Phi) is 4.29. The number of hydrogen-bond donors (Lipinski definition) is 1. The van der Waals surface area contributed by atoms with E-state index in [1.807, 2.05) is 30.3 Å². The molecule has 0 spiro atoms. The van der Waals surface area contributed by atoms with Crippen LogP contribution in [0.3, 0.4) is 0 Å². The van der Waals surface area contributed by atoms with Gasteiger partial charge in [0.15, 0.2) is 0 Å². The molecule has 5 nitrogen and oxygen atoms in total. The first-order valence-corrected chi connectivity index (χ1v) is 6.19. The highest BCUT2D eigenvalue weighted by molar-refractivity contribution is 6.06. The summed E-state index contributed by atoms with van der Waals surface area (Å²) in [6, 6.07) is 8.62. The third-order valence-corrected chi connectivity index (χ3v) is 3.32. The summed E-state index contributed by atoms with van der Waals surface area (Å²) in [5.41, 5.74) is 0.831. The quantitative estimate of drug-likeness (QED) is 0.787. The standard InChI is InChI=1S/C14H17NO4/c1-19-9-11(8-16)15-13(17)7-12(14(15)18)10-5-3-2-4-6-10/h2-6,11-12,16H,7-9H2,1H3. The fourth-order valence-corrected chi connectivity index (χ4v) is 2.38. The number of amides is 2. The van der Waals surface area contributed by atoms with Crippen molar-refractivity contribution < 1.29 is 19.4 Å². The minimum Gasteiger partial charge on any atom is -0.394 e. The first-order valence-electron chi connectivity index (χ1n) is 6.19. The third-order valence-electron chi connectivity index (χ3n) is 3.32. The molecule has 1 fully saturated rings. The van der Waals surface area contributed by atoms with E-state index in [-0.39, 0.29) is 31.4 Å². The number of carbonyl (C=O) groups excluding carboxylic acids is 2. The van der Waals surface area contributed by atoms with Crippen LogP contribution in [0.15, 0.2) is 30.3 Å². The minimum absolute atomic E-state index is 0.148. The molecule has 5 heteroatoms. The number of hydrogen-bond acceptors (Lipinski definition) is 4. The normalized spacial score (nSPS) is 20.9. The van der Waals surface area contributed by atoms with Crippen molar-refractivity contribution in [1.82, 2.24) is 4.90 Å². The Morgan fingerprint density at radius 1 is 1.37 bits per heavy atom. The van der Waals surface area contributed by atoms with Gasteiger partial charge in [0.05, 0.1) is 25.2 Å². The summed E-state index contributed by atoms with van der Waals surface area (Å²) in [5, 5.41) is 9.28. The lowest BCUT2D eigenvalue weighted by Crippen LogP contribution is -2.45. The molecular formula is C14H17NO4. The van der Waals surface area contributed by atoms with E-state index < -0.39 is 12.0 Å². The zero-order valence-electron chi connectivity index (χ0n) is 10.8. The van der Waals surface area contributed by atoms with Crippen LogP contribution in [-0.4, -0.2) is 48.2 Å². The molecule has 0 aromatic heterocycles. The van der Waals surface area contributed by atoms with Gasteiger partial charge in [-0.25, -0.2) is 0 Å². The Hall–Kier alpha value is -1.72. The first kappa shape index (κ1) is 13.7. The van der Waals surface area contributed by atoms with Gasteiger partial charge in [-0.2, -0.15) is 0 Å². The minimum atomic E-state index is -0.598. The fraction of sp³-hybridized carbons (Fsp3) is 0.429. The summed E-state index contributed by atoms with van der Waals surface area (Å²) in [7, 11) is 1.47. The monoisotopic (exact) mass is 263 g/mol. The average molecular weight is 263 g/mol. The number of benzene rings is 1. The molecule has 1 saturated heterocycles. The molecule has 1 aliphatic heterocycles. The number of likely N-dealkylation sites (tertiary alicyclic amines) is 1. The summed E-state index contributed by atoms with van der Waals surface area (Å²) < 4.78 is 4.94. The molecule has 2 amide bonds. The maximum absolute atomic E-state index is 12.3. The van der Waals surface area contributed by atoms with E-state index in [2.05, 4.69) is 0 Å². The van der Waals surface area contributed by atoms with Gasteiger partial charge in [0.1, 0.15) is 0 Å². The third kappa shape index (κ3) is 2.67. The lowest BCUT2D eigenvalue weighted by Gasteiger charge is -2.24. The summed E-state index contributed by atoms with van der Waals surface area (Å²) in [5.74, 6) is -0.957. The highest BCUT2D eigenvalue weighted by Gasteiger charge is 2.42. The van der Waals surface area contributed by atoms with E-state index in [4.69, 9.17) is 4.74 Å². The predicted molar refractivity (Wildman–Crippen MR) is 68.4 cm³/mol. The van der Waals surface area contributed by atoms with Gasteiger partial charge in [-0.3, -0.25) is 14.5 Å². The largest absolute Gasteiger partial charge is 0.394 e. The summed E-state index contributed by atoms with van der Waals surface area (Å²) in [4.78, 5) is 25.5. The van der Waals surface area contributed by atoms with Gasteiger partial charge in [-0.15, -0.1) is 0 Å². The van der Waals surface area contributed by atoms with Crippen LogP contribution < -0.4 is 0 Å². The highest BCUT2D eigenvalue weighted by Crippen LogP contribution is 2.30. The summed E-state index contributed by atoms with van der Waals surface area (Å²) >= 11 is 0.